The number of ether oxygens (including phenoxy) is 1. The van der Waals surface area contributed by atoms with Crippen molar-refractivity contribution in [3.05, 3.63) is 59.2 Å². The molecule has 0 unspecified atom stereocenters. The summed E-state index contributed by atoms with van der Waals surface area (Å²) in [5, 5.41) is 0. The molecule has 0 aliphatic heterocycles. The van der Waals surface area contributed by atoms with Gasteiger partial charge in [0.25, 0.3) is 0 Å². The maximum absolute atomic E-state index is 11.5. The lowest BCUT2D eigenvalue weighted by Gasteiger charge is -2.04. The number of hydrogen-bond acceptors (Lipinski definition) is 2. The van der Waals surface area contributed by atoms with Crippen molar-refractivity contribution in [1.29, 1.82) is 0 Å². The second kappa shape index (κ2) is 3.74. The maximum atomic E-state index is 11.5. The molecule has 2 heteroatoms. The van der Waals surface area contributed by atoms with Crippen LogP contribution in [0, 0.1) is 0 Å². The SMILES string of the molecule is COC(=O)c1ccc2c(c1)-c1ccccc1C2. The fourth-order valence-corrected chi connectivity index (χ4v) is 2.37. The summed E-state index contributed by atoms with van der Waals surface area (Å²) < 4.78 is 4.75. The smallest absolute Gasteiger partial charge is 0.337 e. The zero-order chi connectivity index (χ0) is 11.8. The average molecular weight is 224 g/mol. The van der Waals surface area contributed by atoms with Crippen molar-refractivity contribution in [2.45, 2.75) is 6.42 Å². The topological polar surface area (TPSA) is 26.3 Å². The van der Waals surface area contributed by atoms with Crippen molar-refractivity contribution in [2.75, 3.05) is 7.11 Å². The van der Waals surface area contributed by atoms with Crippen LogP contribution in [-0.2, 0) is 11.2 Å². The van der Waals surface area contributed by atoms with Gasteiger partial charge < -0.3 is 4.74 Å². The van der Waals surface area contributed by atoms with Gasteiger partial charge in [-0.25, -0.2) is 4.79 Å². The van der Waals surface area contributed by atoms with Gasteiger partial charge in [0.2, 0.25) is 0 Å². The minimum Gasteiger partial charge on any atom is -0.465 e. The number of benzene rings is 2. The molecule has 0 N–H and O–H groups in total. The van der Waals surface area contributed by atoms with E-state index < -0.39 is 0 Å². The third kappa shape index (κ3) is 1.53. The van der Waals surface area contributed by atoms with Crippen molar-refractivity contribution in [2.24, 2.45) is 0 Å². The average Bonchev–Trinajstić information content (AvgIpc) is 2.75. The number of carbonyl (C=O) groups excluding carboxylic acids is 1. The number of fused-ring (bicyclic) bond motifs is 3. The van der Waals surface area contributed by atoms with Crippen LogP contribution < -0.4 is 0 Å². The number of hydrogen-bond donors (Lipinski definition) is 0. The molecule has 2 aromatic rings. The number of rotatable bonds is 1. The molecule has 3 rings (SSSR count). The van der Waals surface area contributed by atoms with E-state index in [1.165, 1.54) is 23.8 Å². The van der Waals surface area contributed by atoms with Crippen LogP contribution in [0.15, 0.2) is 42.5 Å². The molecule has 84 valence electrons. The van der Waals surface area contributed by atoms with E-state index >= 15 is 0 Å². The largest absolute Gasteiger partial charge is 0.465 e. The lowest BCUT2D eigenvalue weighted by molar-refractivity contribution is 0.0601. The Bertz CT molecular complexity index is 600. The molecule has 2 nitrogen and oxygen atoms in total. The first-order valence-electron chi connectivity index (χ1n) is 5.59. The fourth-order valence-electron chi connectivity index (χ4n) is 2.37. The summed E-state index contributed by atoms with van der Waals surface area (Å²) in [6, 6.07) is 14.1. The zero-order valence-corrected chi connectivity index (χ0v) is 9.57. The molecule has 1 aliphatic carbocycles. The van der Waals surface area contributed by atoms with E-state index in [1.807, 2.05) is 30.3 Å². The molecule has 2 aromatic carbocycles. The molecular formula is C15H12O2. The predicted octanol–water partition coefficient (Wildman–Crippen LogP) is 3.04. The Balaban J connectivity index is 2.15. The van der Waals surface area contributed by atoms with E-state index in [-0.39, 0.29) is 5.97 Å². The van der Waals surface area contributed by atoms with Gasteiger partial charge in [-0.15, -0.1) is 0 Å². The molecule has 0 heterocycles. The van der Waals surface area contributed by atoms with Gasteiger partial charge in [-0.3, -0.25) is 0 Å². The highest BCUT2D eigenvalue weighted by Gasteiger charge is 2.19. The number of carbonyl (C=O) groups is 1. The van der Waals surface area contributed by atoms with E-state index in [1.54, 1.807) is 0 Å². The second-order valence-electron chi connectivity index (χ2n) is 4.20. The van der Waals surface area contributed by atoms with Crippen molar-refractivity contribution in [3.8, 4) is 11.1 Å². The summed E-state index contributed by atoms with van der Waals surface area (Å²) in [7, 11) is 1.41. The monoisotopic (exact) mass is 224 g/mol. The number of esters is 1. The Labute approximate surface area is 99.9 Å². The Morgan fingerprint density at radius 1 is 1.06 bits per heavy atom. The third-order valence-corrected chi connectivity index (χ3v) is 3.22. The molecule has 17 heavy (non-hydrogen) atoms. The van der Waals surface area contributed by atoms with Crippen LogP contribution in [0.5, 0.6) is 0 Å². The summed E-state index contributed by atoms with van der Waals surface area (Å²) in [6.07, 6.45) is 0.951. The molecule has 0 amide bonds. The standard InChI is InChI=1S/C15H12O2/c1-17-15(16)12-7-6-11-8-10-4-2-3-5-13(10)14(11)9-12/h2-7,9H,8H2,1H3. The van der Waals surface area contributed by atoms with Crippen molar-refractivity contribution in [3.63, 3.8) is 0 Å². The molecule has 1 aliphatic rings. The molecule has 0 saturated heterocycles. The van der Waals surface area contributed by atoms with Crippen LogP contribution in [0.25, 0.3) is 11.1 Å². The molecular weight excluding hydrogens is 212 g/mol. The van der Waals surface area contributed by atoms with E-state index in [4.69, 9.17) is 4.74 Å². The lowest BCUT2D eigenvalue weighted by atomic mass is 10.0. The molecule has 0 saturated carbocycles. The van der Waals surface area contributed by atoms with Gasteiger partial charge in [0, 0.05) is 0 Å². The van der Waals surface area contributed by atoms with Crippen LogP contribution in [0.4, 0.5) is 0 Å². The minimum absolute atomic E-state index is 0.280. The van der Waals surface area contributed by atoms with E-state index in [2.05, 4.69) is 12.1 Å². The van der Waals surface area contributed by atoms with Crippen LogP contribution >= 0.6 is 0 Å². The summed E-state index contributed by atoms with van der Waals surface area (Å²) >= 11 is 0. The second-order valence-corrected chi connectivity index (χ2v) is 4.20. The van der Waals surface area contributed by atoms with E-state index in [0.29, 0.717) is 5.56 Å². The zero-order valence-electron chi connectivity index (χ0n) is 9.57. The number of methoxy groups -OCH3 is 1. The van der Waals surface area contributed by atoms with Crippen molar-refractivity contribution in [1.82, 2.24) is 0 Å². The third-order valence-electron chi connectivity index (χ3n) is 3.22. The first-order chi connectivity index (χ1) is 8.29. The van der Waals surface area contributed by atoms with Crippen LogP contribution in [-0.4, -0.2) is 13.1 Å². The van der Waals surface area contributed by atoms with Gasteiger partial charge in [-0.05, 0) is 40.8 Å². The van der Waals surface area contributed by atoms with Crippen molar-refractivity contribution < 1.29 is 9.53 Å². The summed E-state index contributed by atoms with van der Waals surface area (Å²) in [5.74, 6) is -0.280. The minimum atomic E-state index is -0.280. The van der Waals surface area contributed by atoms with Gasteiger partial charge >= 0.3 is 5.97 Å². The molecule has 0 bridgehead atoms. The van der Waals surface area contributed by atoms with Crippen LogP contribution in [0.3, 0.4) is 0 Å². The summed E-state index contributed by atoms with van der Waals surface area (Å²) in [4.78, 5) is 11.5. The highest BCUT2D eigenvalue weighted by Crippen LogP contribution is 2.36. The van der Waals surface area contributed by atoms with E-state index in [9.17, 15) is 4.79 Å². The fraction of sp³-hybridized carbons (Fsp3) is 0.133. The molecule has 0 fully saturated rings. The van der Waals surface area contributed by atoms with Gasteiger partial charge in [0.15, 0.2) is 0 Å². The molecule has 0 atom stereocenters. The predicted molar refractivity (Wildman–Crippen MR) is 66.0 cm³/mol. The van der Waals surface area contributed by atoms with Crippen molar-refractivity contribution >= 4 is 5.97 Å². The van der Waals surface area contributed by atoms with Crippen LogP contribution in [0.2, 0.25) is 0 Å². The Hall–Kier alpha value is -2.09. The summed E-state index contributed by atoms with van der Waals surface area (Å²) in [5.41, 5.74) is 5.60. The molecule has 0 radical (unpaired) electrons. The Kier molecular flexibility index (Phi) is 2.22. The normalized spacial score (nSPS) is 11.8. The first-order valence-corrected chi connectivity index (χ1v) is 5.59. The molecule has 0 spiro atoms. The highest BCUT2D eigenvalue weighted by molar-refractivity contribution is 5.92. The highest BCUT2D eigenvalue weighted by atomic mass is 16.5. The van der Waals surface area contributed by atoms with E-state index in [0.717, 1.165) is 12.0 Å². The summed E-state index contributed by atoms with van der Waals surface area (Å²) in [6.45, 7) is 0. The maximum Gasteiger partial charge on any atom is 0.337 e. The lowest BCUT2D eigenvalue weighted by Crippen LogP contribution is -2.01. The Morgan fingerprint density at radius 2 is 1.82 bits per heavy atom. The quantitative estimate of drug-likeness (QED) is 0.594. The van der Waals surface area contributed by atoms with Crippen LogP contribution in [0.1, 0.15) is 21.5 Å². The van der Waals surface area contributed by atoms with Gasteiger partial charge in [0.05, 0.1) is 12.7 Å². The first kappa shape index (κ1) is 10.1. The Morgan fingerprint density at radius 3 is 2.65 bits per heavy atom. The van der Waals surface area contributed by atoms with Gasteiger partial charge in [-0.2, -0.15) is 0 Å². The van der Waals surface area contributed by atoms with Gasteiger partial charge in [0.1, 0.15) is 0 Å². The van der Waals surface area contributed by atoms with Gasteiger partial charge in [-0.1, -0.05) is 30.3 Å². The molecule has 0 aromatic heterocycles.